The van der Waals surface area contributed by atoms with E-state index in [0.29, 0.717) is 25.7 Å². The smallest absolute Gasteiger partial charge is 0.305 e. The molecule has 12 nitrogen and oxygen atoms in total. The maximum absolute atomic E-state index is 11.9. The molecule has 0 aliphatic rings. The third-order valence-corrected chi connectivity index (χ3v) is 3.89. The topological polar surface area (TPSA) is 164 Å². The molecular formula is C20H34O12. The second-order valence-electron chi connectivity index (χ2n) is 7.29. The SMILES string of the molecule is CC(COCOCCCC(=O)O)(COCOCCCC(=O)O)COC(=O)CCCOC=O. The highest BCUT2D eigenvalue weighted by atomic mass is 16.7. The first-order chi connectivity index (χ1) is 15.3. The summed E-state index contributed by atoms with van der Waals surface area (Å²) in [6, 6.07) is 0. The van der Waals surface area contributed by atoms with Crippen molar-refractivity contribution >= 4 is 24.4 Å². The van der Waals surface area contributed by atoms with Gasteiger partial charge >= 0.3 is 17.9 Å². The fraction of sp³-hybridized carbons (Fsp3) is 0.800. The Morgan fingerprint density at radius 2 is 1.25 bits per heavy atom. The summed E-state index contributed by atoms with van der Waals surface area (Å²) >= 11 is 0. The zero-order chi connectivity index (χ0) is 24.1. The molecule has 0 rings (SSSR count). The summed E-state index contributed by atoms with van der Waals surface area (Å²) in [5.74, 6) is -2.26. The number of hydrogen-bond donors (Lipinski definition) is 2. The van der Waals surface area contributed by atoms with E-state index in [9.17, 15) is 19.2 Å². The van der Waals surface area contributed by atoms with Gasteiger partial charge in [-0.3, -0.25) is 19.2 Å². The van der Waals surface area contributed by atoms with Crippen LogP contribution in [0.4, 0.5) is 0 Å². The molecule has 0 saturated carbocycles. The number of carbonyl (C=O) groups is 4. The van der Waals surface area contributed by atoms with Crippen molar-refractivity contribution in [1.29, 1.82) is 0 Å². The molecule has 0 heterocycles. The van der Waals surface area contributed by atoms with Crippen LogP contribution in [0.5, 0.6) is 0 Å². The van der Waals surface area contributed by atoms with Crippen LogP contribution < -0.4 is 0 Å². The monoisotopic (exact) mass is 466 g/mol. The van der Waals surface area contributed by atoms with Crippen molar-refractivity contribution in [3.8, 4) is 0 Å². The Morgan fingerprint density at radius 1 is 0.750 bits per heavy atom. The number of aliphatic carboxylic acids is 2. The normalized spacial score (nSPS) is 11.2. The van der Waals surface area contributed by atoms with Gasteiger partial charge in [0.2, 0.25) is 0 Å². The fourth-order valence-electron chi connectivity index (χ4n) is 2.26. The van der Waals surface area contributed by atoms with Gasteiger partial charge in [0.25, 0.3) is 6.47 Å². The zero-order valence-corrected chi connectivity index (χ0v) is 18.5. The standard InChI is InChI=1S/C20H34O12/c1-20(11-30-15-28-9-2-5-17(22)23,12-31-16-29-10-3-6-18(24)25)13-32-19(26)7-4-8-27-14-21/h14H,2-13,15-16H2,1H3,(H,22,23)(H,24,25). The van der Waals surface area contributed by atoms with Crippen molar-refractivity contribution in [2.24, 2.45) is 5.41 Å². The van der Waals surface area contributed by atoms with E-state index in [1.165, 1.54) is 0 Å². The van der Waals surface area contributed by atoms with Crippen LogP contribution in [0.15, 0.2) is 0 Å². The molecule has 0 bridgehead atoms. The second-order valence-corrected chi connectivity index (χ2v) is 7.29. The molecule has 0 aromatic carbocycles. The third kappa shape index (κ3) is 19.7. The first-order valence-corrected chi connectivity index (χ1v) is 10.2. The van der Waals surface area contributed by atoms with Crippen LogP contribution in [-0.4, -0.2) is 87.8 Å². The number of esters is 1. The lowest BCUT2D eigenvalue weighted by Gasteiger charge is -2.28. The van der Waals surface area contributed by atoms with Gasteiger partial charge in [-0.25, -0.2) is 0 Å². The minimum absolute atomic E-state index is 0.00159. The molecule has 0 atom stereocenters. The first-order valence-electron chi connectivity index (χ1n) is 10.2. The van der Waals surface area contributed by atoms with Crippen LogP contribution in [0.3, 0.4) is 0 Å². The Morgan fingerprint density at radius 3 is 1.72 bits per heavy atom. The lowest BCUT2D eigenvalue weighted by Crippen LogP contribution is -2.36. The van der Waals surface area contributed by atoms with E-state index >= 15 is 0 Å². The van der Waals surface area contributed by atoms with Gasteiger partial charge in [0.15, 0.2) is 0 Å². The van der Waals surface area contributed by atoms with Crippen molar-refractivity contribution < 1.29 is 57.8 Å². The Kier molecular flexibility index (Phi) is 18.0. The largest absolute Gasteiger partial charge is 0.481 e. The predicted molar refractivity (Wildman–Crippen MR) is 108 cm³/mol. The van der Waals surface area contributed by atoms with E-state index in [1.54, 1.807) is 6.92 Å². The molecule has 0 amide bonds. The molecule has 2 N–H and O–H groups in total. The number of carbonyl (C=O) groups excluding carboxylic acids is 2. The third-order valence-electron chi connectivity index (χ3n) is 3.89. The summed E-state index contributed by atoms with van der Waals surface area (Å²) in [7, 11) is 0. The lowest BCUT2D eigenvalue weighted by atomic mass is 9.94. The molecule has 0 saturated heterocycles. The van der Waals surface area contributed by atoms with Gasteiger partial charge in [0, 0.05) is 37.9 Å². The summed E-state index contributed by atoms with van der Waals surface area (Å²) in [4.78, 5) is 42.9. The fourth-order valence-corrected chi connectivity index (χ4v) is 2.26. The van der Waals surface area contributed by atoms with Crippen LogP contribution in [0.1, 0.15) is 45.4 Å². The molecule has 0 unspecified atom stereocenters. The average molecular weight is 466 g/mol. The average Bonchev–Trinajstić information content (AvgIpc) is 2.73. The number of carboxylic acid groups (broad SMARTS) is 2. The molecule has 32 heavy (non-hydrogen) atoms. The van der Waals surface area contributed by atoms with Crippen molar-refractivity contribution in [2.75, 3.05) is 53.2 Å². The maximum Gasteiger partial charge on any atom is 0.305 e. The molecule has 0 fully saturated rings. The van der Waals surface area contributed by atoms with Gasteiger partial charge in [0.1, 0.15) is 20.2 Å². The number of rotatable bonds is 23. The van der Waals surface area contributed by atoms with Crippen LogP contribution in [0, 0.1) is 5.41 Å². The van der Waals surface area contributed by atoms with Gasteiger partial charge in [-0.1, -0.05) is 6.92 Å². The van der Waals surface area contributed by atoms with Gasteiger partial charge < -0.3 is 38.6 Å². The molecule has 0 aliphatic carbocycles. The van der Waals surface area contributed by atoms with Crippen LogP contribution in [-0.2, 0) is 47.6 Å². The summed E-state index contributed by atoms with van der Waals surface area (Å²) < 4.78 is 31.2. The highest BCUT2D eigenvalue weighted by Crippen LogP contribution is 2.19. The minimum Gasteiger partial charge on any atom is -0.481 e. The van der Waals surface area contributed by atoms with Gasteiger partial charge in [-0.05, 0) is 19.3 Å². The molecule has 0 spiro atoms. The Balaban J connectivity index is 4.30. The highest BCUT2D eigenvalue weighted by molar-refractivity contribution is 5.69. The summed E-state index contributed by atoms with van der Waals surface area (Å²) in [6.07, 6.45) is 1.17. The molecule has 0 radical (unpaired) electrons. The second kappa shape index (κ2) is 19.4. The van der Waals surface area contributed by atoms with Gasteiger partial charge in [-0.15, -0.1) is 0 Å². The first kappa shape index (κ1) is 29.7. The van der Waals surface area contributed by atoms with Gasteiger partial charge in [-0.2, -0.15) is 0 Å². The van der Waals surface area contributed by atoms with E-state index in [-0.39, 0.29) is 72.5 Å². The molecule has 0 aromatic heterocycles. The molecular weight excluding hydrogens is 432 g/mol. The van der Waals surface area contributed by atoms with E-state index in [0.717, 1.165) is 0 Å². The van der Waals surface area contributed by atoms with Crippen molar-refractivity contribution in [1.82, 2.24) is 0 Å². The Hall–Kier alpha value is -2.28. The van der Waals surface area contributed by atoms with E-state index < -0.39 is 23.3 Å². The number of carboxylic acids is 2. The zero-order valence-electron chi connectivity index (χ0n) is 18.5. The van der Waals surface area contributed by atoms with E-state index in [2.05, 4.69) is 4.74 Å². The van der Waals surface area contributed by atoms with E-state index in [1.807, 2.05) is 0 Å². The molecule has 12 heteroatoms. The Bertz CT molecular complexity index is 509. The van der Waals surface area contributed by atoms with Crippen LogP contribution in [0.2, 0.25) is 0 Å². The van der Waals surface area contributed by atoms with Crippen molar-refractivity contribution in [2.45, 2.75) is 45.4 Å². The Labute approximate surface area is 187 Å². The molecule has 0 aliphatic heterocycles. The van der Waals surface area contributed by atoms with Gasteiger partial charge in [0.05, 0.1) is 19.8 Å². The van der Waals surface area contributed by atoms with Crippen molar-refractivity contribution in [3.05, 3.63) is 0 Å². The van der Waals surface area contributed by atoms with Crippen LogP contribution in [0.25, 0.3) is 0 Å². The number of hydrogen-bond acceptors (Lipinski definition) is 10. The van der Waals surface area contributed by atoms with Crippen LogP contribution >= 0.6 is 0 Å². The lowest BCUT2D eigenvalue weighted by molar-refractivity contribution is -0.159. The van der Waals surface area contributed by atoms with E-state index in [4.69, 9.17) is 33.9 Å². The summed E-state index contributed by atoms with van der Waals surface area (Å²) in [6.45, 7) is 2.84. The summed E-state index contributed by atoms with van der Waals surface area (Å²) in [5.41, 5.74) is -0.718. The minimum atomic E-state index is -0.899. The predicted octanol–water partition coefficient (Wildman–Crippen LogP) is 1.20. The van der Waals surface area contributed by atoms with Crippen molar-refractivity contribution in [3.63, 3.8) is 0 Å². The number of ether oxygens (including phenoxy) is 6. The quantitative estimate of drug-likeness (QED) is 0.0958. The molecule has 186 valence electrons. The maximum atomic E-state index is 11.9. The molecule has 0 aromatic rings. The summed E-state index contributed by atoms with van der Waals surface area (Å²) in [5, 5.41) is 17.2. The highest BCUT2D eigenvalue weighted by Gasteiger charge is 2.28.